The first-order valence-corrected chi connectivity index (χ1v) is 14.6. The molecule has 0 saturated carbocycles. The standard InChI is InChI=1S/C33H35N7O3/c1-4-30(41)40-17-16-39(20-23(40)13-14-34)32-27-11-12-29(28-19-25(42-3)18-22-8-5-6-10-26(22)28)35-31(27)36-33(37-32)43-21-24-9-7-15-38(24)2/h4-6,8,10-12,18-19,23-24H,1,7,9,13,15-17,20-21H2,2-3H3. The zero-order valence-electron chi connectivity index (χ0n) is 24.6. The highest BCUT2D eigenvalue weighted by atomic mass is 16.5. The Morgan fingerprint density at radius 3 is 2.72 bits per heavy atom. The van der Waals surface area contributed by atoms with Crippen molar-refractivity contribution in [1.82, 2.24) is 24.8 Å². The Hall–Kier alpha value is -4.75. The molecule has 2 saturated heterocycles. The number of hydrogen-bond donors (Lipinski definition) is 0. The number of piperazine rings is 1. The molecule has 2 aromatic heterocycles. The van der Waals surface area contributed by atoms with Crippen molar-refractivity contribution in [1.29, 1.82) is 5.26 Å². The Kier molecular flexibility index (Phi) is 8.07. The lowest BCUT2D eigenvalue weighted by Crippen LogP contribution is -2.55. The van der Waals surface area contributed by atoms with Crippen molar-refractivity contribution >= 4 is 33.5 Å². The molecule has 1 amide bonds. The highest BCUT2D eigenvalue weighted by Crippen LogP contribution is 2.35. The molecule has 220 valence electrons. The van der Waals surface area contributed by atoms with Crippen LogP contribution >= 0.6 is 0 Å². The van der Waals surface area contributed by atoms with Crippen molar-refractivity contribution in [3.8, 4) is 29.1 Å². The van der Waals surface area contributed by atoms with Gasteiger partial charge in [0.25, 0.3) is 0 Å². The predicted octanol–water partition coefficient (Wildman–Crippen LogP) is 4.44. The molecule has 0 N–H and O–H groups in total. The number of carbonyl (C=O) groups excluding carboxylic acids is 1. The van der Waals surface area contributed by atoms with Crippen molar-refractivity contribution in [2.75, 3.05) is 51.8 Å². The van der Waals surface area contributed by atoms with Crippen LogP contribution in [0.3, 0.4) is 0 Å². The van der Waals surface area contributed by atoms with E-state index >= 15 is 0 Å². The third kappa shape index (κ3) is 5.68. The van der Waals surface area contributed by atoms with Gasteiger partial charge in [-0.1, -0.05) is 30.8 Å². The number of methoxy groups -OCH3 is 1. The number of nitriles is 1. The summed E-state index contributed by atoms with van der Waals surface area (Å²) in [5, 5.41) is 12.4. The van der Waals surface area contributed by atoms with Crippen molar-refractivity contribution in [3.05, 3.63) is 61.2 Å². The highest BCUT2D eigenvalue weighted by Gasteiger charge is 2.31. The molecule has 4 aromatic rings. The summed E-state index contributed by atoms with van der Waals surface area (Å²) < 4.78 is 11.8. The van der Waals surface area contributed by atoms with Crippen molar-refractivity contribution in [3.63, 3.8) is 0 Å². The average Bonchev–Trinajstić information content (AvgIpc) is 3.46. The minimum atomic E-state index is -0.291. The van der Waals surface area contributed by atoms with E-state index in [1.807, 2.05) is 36.4 Å². The molecule has 6 rings (SSSR count). The third-order valence-electron chi connectivity index (χ3n) is 8.51. The van der Waals surface area contributed by atoms with E-state index in [4.69, 9.17) is 24.4 Å². The molecule has 4 heterocycles. The summed E-state index contributed by atoms with van der Waals surface area (Å²) in [5.74, 6) is 1.26. The normalized spacial score (nSPS) is 19.0. The summed E-state index contributed by atoms with van der Waals surface area (Å²) in [4.78, 5) is 33.4. The second-order valence-electron chi connectivity index (χ2n) is 11.1. The number of aromatic nitrogens is 3. The third-order valence-corrected chi connectivity index (χ3v) is 8.51. The number of ether oxygens (including phenoxy) is 2. The molecule has 0 radical (unpaired) electrons. The van der Waals surface area contributed by atoms with E-state index in [0.29, 0.717) is 43.7 Å². The largest absolute Gasteiger partial charge is 0.497 e. The highest BCUT2D eigenvalue weighted by molar-refractivity contribution is 5.98. The maximum Gasteiger partial charge on any atom is 0.320 e. The molecule has 2 aromatic carbocycles. The monoisotopic (exact) mass is 577 g/mol. The number of benzene rings is 2. The Balaban J connectivity index is 1.43. The molecular weight excluding hydrogens is 542 g/mol. The summed E-state index contributed by atoms with van der Waals surface area (Å²) in [6.07, 6.45) is 3.72. The minimum absolute atomic E-state index is 0.172. The molecule has 0 spiro atoms. The summed E-state index contributed by atoms with van der Waals surface area (Å²) in [5.41, 5.74) is 2.22. The SMILES string of the molecule is C=CC(=O)N1CCN(c2nc(OCC3CCCN3C)nc3nc(-c4cc(OC)cc5ccccc45)ccc23)CC1CC#N. The summed E-state index contributed by atoms with van der Waals surface area (Å²) in [7, 11) is 3.77. The fourth-order valence-corrected chi connectivity index (χ4v) is 6.14. The molecule has 2 aliphatic heterocycles. The van der Waals surface area contributed by atoms with Crippen LogP contribution in [0, 0.1) is 11.3 Å². The van der Waals surface area contributed by atoms with Gasteiger partial charge in [0.15, 0.2) is 5.65 Å². The van der Waals surface area contributed by atoms with Gasteiger partial charge in [-0.25, -0.2) is 4.98 Å². The number of amides is 1. The lowest BCUT2D eigenvalue weighted by molar-refractivity contribution is -0.128. The molecule has 43 heavy (non-hydrogen) atoms. The van der Waals surface area contributed by atoms with Crippen molar-refractivity contribution in [2.24, 2.45) is 0 Å². The second-order valence-corrected chi connectivity index (χ2v) is 11.1. The van der Waals surface area contributed by atoms with E-state index in [1.165, 1.54) is 6.08 Å². The zero-order valence-corrected chi connectivity index (χ0v) is 24.6. The maximum absolute atomic E-state index is 12.5. The van der Waals surface area contributed by atoms with E-state index in [-0.39, 0.29) is 24.4 Å². The molecule has 2 atom stereocenters. The van der Waals surface area contributed by atoms with Gasteiger partial charge in [-0.2, -0.15) is 15.2 Å². The first kappa shape index (κ1) is 28.4. The van der Waals surface area contributed by atoms with Crippen LogP contribution in [-0.4, -0.2) is 89.7 Å². The van der Waals surface area contributed by atoms with Gasteiger partial charge in [0, 0.05) is 31.2 Å². The number of pyridine rings is 1. The second kappa shape index (κ2) is 12.2. The van der Waals surface area contributed by atoms with Crippen LogP contribution in [-0.2, 0) is 4.79 Å². The van der Waals surface area contributed by atoms with Crippen LogP contribution in [0.2, 0.25) is 0 Å². The van der Waals surface area contributed by atoms with Gasteiger partial charge in [-0.05, 0) is 67.5 Å². The number of rotatable bonds is 8. The number of hydrogen-bond acceptors (Lipinski definition) is 9. The van der Waals surface area contributed by atoms with Gasteiger partial charge in [0.1, 0.15) is 18.2 Å². The summed E-state index contributed by atoms with van der Waals surface area (Å²) in [6.45, 7) is 6.61. The number of anilines is 1. The van der Waals surface area contributed by atoms with Crippen LogP contribution in [0.15, 0.2) is 61.2 Å². The number of likely N-dealkylation sites (tertiary alicyclic amines) is 1. The molecule has 10 heteroatoms. The number of nitrogens with zero attached hydrogens (tertiary/aromatic N) is 7. The molecule has 2 unspecified atom stereocenters. The lowest BCUT2D eigenvalue weighted by Gasteiger charge is -2.41. The molecule has 2 fully saturated rings. The predicted molar refractivity (Wildman–Crippen MR) is 166 cm³/mol. The van der Waals surface area contributed by atoms with Crippen LogP contribution in [0.5, 0.6) is 11.8 Å². The van der Waals surface area contributed by atoms with E-state index in [2.05, 4.69) is 41.6 Å². The number of likely N-dealkylation sites (N-methyl/N-ethyl adjacent to an activating group) is 1. The van der Waals surface area contributed by atoms with Gasteiger partial charge in [-0.15, -0.1) is 0 Å². The first-order valence-electron chi connectivity index (χ1n) is 14.6. The van der Waals surface area contributed by atoms with Gasteiger partial charge < -0.3 is 24.2 Å². The van der Waals surface area contributed by atoms with Crippen LogP contribution in [0.25, 0.3) is 33.1 Å². The Bertz CT molecular complexity index is 1720. The van der Waals surface area contributed by atoms with Crippen LogP contribution < -0.4 is 14.4 Å². The Morgan fingerprint density at radius 2 is 1.95 bits per heavy atom. The van der Waals surface area contributed by atoms with Crippen LogP contribution in [0.1, 0.15) is 19.3 Å². The molecule has 0 bridgehead atoms. The number of fused-ring (bicyclic) bond motifs is 2. The first-order chi connectivity index (χ1) is 21.0. The molecule has 0 aliphatic carbocycles. The van der Waals surface area contributed by atoms with E-state index in [9.17, 15) is 10.1 Å². The average molecular weight is 578 g/mol. The van der Waals surface area contributed by atoms with Crippen molar-refractivity contribution in [2.45, 2.75) is 31.3 Å². The fraction of sp³-hybridized carbons (Fsp3) is 0.364. The quantitative estimate of drug-likeness (QED) is 0.281. The molecular formula is C33H35N7O3. The van der Waals surface area contributed by atoms with Crippen molar-refractivity contribution < 1.29 is 14.3 Å². The summed E-state index contributed by atoms with van der Waals surface area (Å²) >= 11 is 0. The van der Waals surface area contributed by atoms with E-state index in [0.717, 1.165) is 52.6 Å². The zero-order chi connectivity index (χ0) is 29.9. The fourth-order valence-electron chi connectivity index (χ4n) is 6.14. The minimum Gasteiger partial charge on any atom is -0.497 e. The van der Waals surface area contributed by atoms with E-state index < -0.39 is 0 Å². The summed E-state index contributed by atoms with van der Waals surface area (Å²) in [6, 6.07) is 18.7. The van der Waals surface area contributed by atoms with Gasteiger partial charge in [0.2, 0.25) is 5.91 Å². The van der Waals surface area contributed by atoms with Gasteiger partial charge in [-0.3, -0.25) is 4.79 Å². The Morgan fingerprint density at radius 1 is 1.09 bits per heavy atom. The molecule has 2 aliphatic rings. The van der Waals surface area contributed by atoms with Gasteiger partial charge in [0.05, 0.1) is 36.7 Å². The van der Waals surface area contributed by atoms with E-state index in [1.54, 1.807) is 12.0 Å². The Labute approximate surface area is 251 Å². The number of carbonyl (C=O) groups is 1. The molecule has 10 nitrogen and oxygen atoms in total. The van der Waals surface area contributed by atoms with Crippen LogP contribution in [0.4, 0.5) is 5.82 Å². The smallest absolute Gasteiger partial charge is 0.320 e. The lowest BCUT2D eigenvalue weighted by atomic mass is 10.0. The van der Waals surface area contributed by atoms with Gasteiger partial charge >= 0.3 is 6.01 Å². The topological polar surface area (TPSA) is 108 Å². The maximum atomic E-state index is 12.5.